The third-order valence-corrected chi connectivity index (χ3v) is 4.30. The van der Waals surface area contributed by atoms with Crippen LogP contribution in [0.3, 0.4) is 0 Å². The molecule has 0 unspecified atom stereocenters. The third kappa shape index (κ3) is 4.69. The molecule has 0 radical (unpaired) electrons. The van der Waals surface area contributed by atoms with Crippen LogP contribution in [0.2, 0.25) is 5.02 Å². The molecular formula is C16H13BrClN3O4S. The van der Waals surface area contributed by atoms with E-state index in [-0.39, 0.29) is 15.8 Å². The molecule has 2 N–H and O–H groups in total. The number of anilines is 1. The average Bonchev–Trinajstić information content (AvgIpc) is 2.55. The molecular weight excluding hydrogens is 446 g/mol. The minimum absolute atomic E-state index is 0.00449. The normalized spacial score (nSPS) is 10.2. The second-order valence-corrected chi connectivity index (χ2v) is 6.87. The molecule has 2 aromatic carbocycles. The second-order valence-electron chi connectivity index (χ2n) is 5.14. The Kier molecular flexibility index (Phi) is 6.52. The molecule has 0 saturated carbocycles. The van der Waals surface area contributed by atoms with Gasteiger partial charge in [-0.1, -0.05) is 27.5 Å². The van der Waals surface area contributed by atoms with Crippen LogP contribution in [-0.2, 0) is 0 Å². The molecule has 0 heterocycles. The number of amides is 1. The van der Waals surface area contributed by atoms with Crippen LogP contribution in [0.15, 0.2) is 34.8 Å². The lowest BCUT2D eigenvalue weighted by Crippen LogP contribution is -2.34. The summed E-state index contributed by atoms with van der Waals surface area (Å²) < 4.78 is 5.99. The Bertz CT molecular complexity index is 907. The summed E-state index contributed by atoms with van der Waals surface area (Å²) >= 11 is 14.2. The fourth-order valence-corrected chi connectivity index (χ4v) is 3.20. The first kappa shape index (κ1) is 20.1. The Morgan fingerprint density at radius 3 is 2.65 bits per heavy atom. The van der Waals surface area contributed by atoms with Gasteiger partial charge in [0.05, 0.1) is 17.6 Å². The molecule has 7 nitrogen and oxygen atoms in total. The predicted octanol–water partition coefficient (Wildman–Crippen LogP) is 4.45. The highest BCUT2D eigenvalue weighted by molar-refractivity contribution is 9.10. The van der Waals surface area contributed by atoms with Gasteiger partial charge in [-0.2, -0.15) is 0 Å². The monoisotopic (exact) mass is 457 g/mol. The first-order chi connectivity index (χ1) is 12.2. The zero-order valence-electron chi connectivity index (χ0n) is 13.6. The molecule has 26 heavy (non-hydrogen) atoms. The number of methoxy groups -OCH3 is 1. The smallest absolute Gasteiger partial charge is 0.289 e. The minimum atomic E-state index is -0.607. The fourth-order valence-electron chi connectivity index (χ4n) is 2.23. The van der Waals surface area contributed by atoms with Crippen LogP contribution in [0.4, 0.5) is 11.4 Å². The molecule has 10 heteroatoms. The van der Waals surface area contributed by atoms with E-state index < -0.39 is 10.8 Å². The number of hydrogen-bond donors (Lipinski definition) is 2. The van der Waals surface area contributed by atoms with E-state index in [0.29, 0.717) is 21.5 Å². The Morgan fingerprint density at radius 1 is 1.35 bits per heavy atom. The number of nitro groups is 1. The van der Waals surface area contributed by atoms with Crippen molar-refractivity contribution in [3.05, 3.63) is 61.1 Å². The summed E-state index contributed by atoms with van der Waals surface area (Å²) in [5.74, 6) is -0.0529. The van der Waals surface area contributed by atoms with Crippen LogP contribution in [-0.4, -0.2) is 23.1 Å². The Morgan fingerprint density at radius 2 is 2.04 bits per heavy atom. The summed E-state index contributed by atoms with van der Waals surface area (Å²) in [5.41, 5.74) is 1.13. The molecule has 0 aromatic heterocycles. The van der Waals surface area contributed by atoms with Crippen LogP contribution in [0, 0.1) is 17.0 Å². The molecule has 2 rings (SSSR count). The molecule has 2 aromatic rings. The van der Waals surface area contributed by atoms with Crippen LogP contribution < -0.4 is 15.4 Å². The predicted molar refractivity (Wildman–Crippen MR) is 107 cm³/mol. The molecule has 136 valence electrons. The number of nitro benzene ring substituents is 1. The van der Waals surface area contributed by atoms with Crippen molar-refractivity contribution in [1.29, 1.82) is 0 Å². The number of rotatable bonds is 4. The van der Waals surface area contributed by atoms with E-state index >= 15 is 0 Å². The summed E-state index contributed by atoms with van der Waals surface area (Å²) in [5, 5.41) is 16.1. The molecule has 0 aliphatic heterocycles. The maximum Gasteiger partial charge on any atom is 0.289 e. The Hall–Kier alpha value is -2.23. The standard InChI is InChI=1S/C16H13BrClN3O4S/c1-8-5-9(17)6-11(14(8)25-2)15(22)20-16(26)19-10-3-4-12(18)13(7-10)21(23)24/h3-7H,1-2H3,(H2,19,20,22,26). The second kappa shape index (κ2) is 8.43. The summed E-state index contributed by atoms with van der Waals surface area (Å²) in [4.78, 5) is 22.8. The van der Waals surface area contributed by atoms with Crippen LogP contribution in [0.25, 0.3) is 0 Å². The van der Waals surface area contributed by atoms with E-state index in [2.05, 4.69) is 26.6 Å². The summed E-state index contributed by atoms with van der Waals surface area (Å²) in [6.07, 6.45) is 0. The average molecular weight is 459 g/mol. The van der Waals surface area contributed by atoms with Crippen molar-refractivity contribution < 1.29 is 14.5 Å². The summed E-state index contributed by atoms with van der Waals surface area (Å²) in [6.45, 7) is 1.81. The number of carbonyl (C=O) groups excluding carboxylic acids is 1. The van der Waals surface area contributed by atoms with Crippen LogP contribution in [0.1, 0.15) is 15.9 Å². The van der Waals surface area contributed by atoms with Crippen molar-refractivity contribution in [2.45, 2.75) is 6.92 Å². The number of benzene rings is 2. The van der Waals surface area contributed by atoms with Gasteiger partial charge in [0.25, 0.3) is 11.6 Å². The van der Waals surface area contributed by atoms with Gasteiger partial charge in [0.2, 0.25) is 0 Å². The van der Waals surface area contributed by atoms with Crippen molar-refractivity contribution in [1.82, 2.24) is 5.32 Å². The van der Waals surface area contributed by atoms with E-state index in [4.69, 9.17) is 28.6 Å². The van der Waals surface area contributed by atoms with Gasteiger partial charge in [0, 0.05) is 16.2 Å². The zero-order chi connectivity index (χ0) is 19.4. The maximum absolute atomic E-state index is 12.5. The van der Waals surface area contributed by atoms with Crippen molar-refractivity contribution in [3.8, 4) is 5.75 Å². The quantitative estimate of drug-likeness (QED) is 0.399. The number of aryl methyl sites for hydroxylation is 1. The number of carbonyl (C=O) groups is 1. The molecule has 0 spiro atoms. The van der Waals surface area contributed by atoms with Gasteiger partial charge in [-0.25, -0.2) is 0 Å². The SMILES string of the molecule is COc1c(C)cc(Br)cc1C(=O)NC(=S)Nc1ccc(Cl)c([N+](=O)[O-])c1. The van der Waals surface area contributed by atoms with Gasteiger partial charge < -0.3 is 10.1 Å². The number of halogens is 2. The van der Waals surface area contributed by atoms with Crippen molar-refractivity contribution in [2.24, 2.45) is 0 Å². The summed E-state index contributed by atoms with van der Waals surface area (Å²) in [6, 6.07) is 7.53. The number of ether oxygens (including phenoxy) is 1. The molecule has 0 bridgehead atoms. The number of nitrogens with one attached hydrogen (secondary N) is 2. The molecule has 1 amide bonds. The van der Waals surface area contributed by atoms with Gasteiger partial charge in [-0.05, 0) is 49.0 Å². The largest absolute Gasteiger partial charge is 0.496 e. The zero-order valence-corrected chi connectivity index (χ0v) is 16.8. The van der Waals surface area contributed by atoms with E-state index in [1.54, 1.807) is 6.07 Å². The Balaban J connectivity index is 2.17. The number of nitrogens with zero attached hydrogens (tertiary/aromatic N) is 1. The molecule has 0 aliphatic carbocycles. The van der Waals surface area contributed by atoms with Gasteiger partial charge >= 0.3 is 0 Å². The summed E-state index contributed by atoms with van der Waals surface area (Å²) in [7, 11) is 1.47. The van der Waals surface area contributed by atoms with Crippen molar-refractivity contribution >= 4 is 62.1 Å². The van der Waals surface area contributed by atoms with Gasteiger partial charge in [0.1, 0.15) is 10.8 Å². The van der Waals surface area contributed by atoms with Crippen molar-refractivity contribution in [2.75, 3.05) is 12.4 Å². The van der Waals surface area contributed by atoms with Gasteiger partial charge in [-0.15, -0.1) is 0 Å². The highest BCUT2D eigenvalue weighted by atomic mass is 79.9. The first-order valence-corrected chi connectivity index (χ1v) is 8.71. The first-order valence-electron chi connectivity index (χ1n) is 7.13. The minimum Gasteiger partial charge on any atom is -0.496 e. The number of thiocarbonyl (C=S) groups is 1. The number of hydrogen-bond acceptors (Lipinski definition) is 5. The lowest BCUT2D eigenvalue weighted by molar-refractivity contribution is -0.384. The fraction of sp³-hybridized carbons (Fsp3) is 0.125. The van der Waals surface area contributed by atoms with Crippen LogP contribution in [0.5, 0.6) is 5.75 Å². The molecule has 0 atom stereocenters. The Labute approximate surface area is 168 Å². The molecule has 0 saturated heterocycles. The van der Waals surface area contributed by atoms with E-state index in [9.17, 15) is 14.9 Å². The lowest BCUT2D eigenvalue weighted by Gasteiger charge is -2.14. The van der Waals surface area contributed by atoms with Gasteiger partial charge in [0.15, 0.2) is 5.11 Å². The third-order valence-electron chi connectivity index (χ3n) is 3.32. The molecule has 0 aliphatic rings. The highest BCUT2D eigenvalue weighted by Gasteiger charge is 2.18. The highest BCUT2D eigenvalue weighted by Crippen LogP contribution is 2.28. The molecule has 0 fully saturated rings. The lowest BCUT2D eigenvalue weighted by atomic mass is 10.1. The maximum atomic E-state index is 12.5. The van der Waals surface area contributed by atoms with Crippen molar-refractivity contribution in [3.63, 3.8) is 0 Å². The van der Waals surface area contributed by atoms with E-state index in [1.165, 1.54) is 25.3 Å². The van der Waals surface area contributed by atoms with Crippen LogP contribution >= 0.6 is 39.7 Å². The topological polar surface area (TPSA) is 93.5 Å². The van der Waals surface area contributed by atoms with E-state index in [0.717, 1.165) is 5.56 Å². The van der Waals surface area contributed by atoms with Gasteiger partial charge in [-0.3, -0.25) is 20.2 Å². The van der Waals surface area contributed by atoms with E-state index in [1.807, 2.05) is 13.0 Å².